The van der Waals surface area contributed by atoms with Crippen molar-refractivity contribution in [2.75, 3.05) is 26.4 Å². The van der Waals surface area contributed by atoms with E-state index in [2.05, 4.69) is 27.3 Å². The molecule has 1 atom stereocenters. The van der Waals surface area contributed by atoms with Crippen molar-refractivity contribution in [2.45, 2.75) is 25.8 Å². The van der Waals surface area contributed by atoms with Crippen molar-refractivity contribution in [3.05, 3.63) is 24.1 Å². The number of nitrogens with one attached hydrogen (secondary N) is 1. The first-order valence-electron chi connectivity index (χ1n) is 8.50. The summed E-state index contributed by atoms with van der Waals surface area (Å²) in [6.07, 6.45) is 2.27. The van der Waals surface area contributed by atoms with Crippen LogP contribution in [-0.2, 0) is 0 Å². The van der Waals surface area contributed by atoms with E-state index in [-0.39, 0.29) is 24.5 Å². The molecule has 2 aliphatic heterocycles. The quantitative estimate of drug-likeness (QED) is 0.882. The van der Waals surface area contributed by atoms with Gasteiger partial charge in [-0.2, -0.15) is 0 Å². The highest BCUT2D eigenvalue weighted by Gasteiger charge is 2.25. The SMILES string of the molecule is CCN1CCC[C@H]1CNC(=O)c1nnc(-c2ccc3c(c2)OCO3)o1. The van der Waals surface area contributed by atoms with Crippen molar-refractivity contribution in [3.63, 3.8) is 0 Å². The monoisotopic (exact) mass is 344 g/mol. The molecule has 1 fully saturated rings. The molecule has 25 heavy (non-hydrogen) atoms. The van der Waals surface area contributed by atoms with E-state index in [0.717, 1.165) is 19.5 Å². The number of nitrogens with zero attached hydrogens (tertiary/aromatic N) is 3. The van der Waals surface area contributed by atoms with Crippen LogP contribution in [0.25, 0.3) is 11.5 Å². The molecule has 132 valence electrons. The van der Waals surface area contributed by atoms with Crippen LogP contribution in [-0.4, -0.2) is 53.5 Å². The van der Waals surface area contributed by atoms with Crippen LogP contribution in [0, 0.1) is 0 Å². The molecule has 0 aliphatic carbocycles. The Labute approximate surface area is 145 Å². The molecule has 1 aromatic heterocycles. The molecule has 0 bridgehead atoms. The number of benzene rings is 1. The zero-order valence-electron chi connectivity index (χ0n) is 14.0. The number of carbonyl (C=O) groups is 1. The number of amides is 1. The van der Waals surface area contributed by atoms with Crippen LogP contribution in [0.3, 0.4) is 0 Å². The number of likely N-dealkylation sites (N-methyl/N-ethyl adjacent to an activating group) is 1. The number of hydrogen-bond acceptors (Lipinski definition) is 7. The molecule has 1 N–H and O–H groups in total. The number of ether oxygens (including phenoxy) is 2. The van der Waals surface area contributed by atoms with Crippen LogP contribution in [0.1, 0.15) is 30.5 Å². The minimum absolute atomic E-state index is 0.0336. The van der Waals surface area contributed by atoms with Gasteiger partial charge in [-0.3, -0.25) is 9.69 Å². The van der Waals surface area contributed by atoms with E-state index in [1.54, 1.807) is 18.2 Å². The first-order chi connectivity index (χ1) is 12.2. The number of hydrogen-bond donors (Lipinski definition) is 1. The highest BCUT2D eigenvalue weighted by Crippen LogP contribution is 2.35. The largest absolute Gasteiger partial charge is 0.454 e. The summed E-state index contributed by atoms with van der Waals surface area (Å²) in [4.78, 5) is 14.6. The molecule has 4 rings (SSSR count). The Morgan fingerprint density at radius 2 is 2.20 bits per heavy atom. The van der Waals surface area contributed by atoms with Gasteiger partial charge in [-0.15, -0.1) is 10.2 Å². The van der Waals surface area contributed by atoms with Gasteiger partial charge < -0.3 is 19.2 Å². The van der Waals surface area contributed by atoms with Crippen molar-refractivity contribution in [3.8, 4) is 23.0 Å². The molecule has 1 amide bonds. The van der Waals surface area contributed by atoms with Gasteiger partial charge in [0.15, 0.2) is 11.5 Å². The Morgan fingerprint density at radius 1 is 1.32 bits per heavy atom. The molecule has 0 radical (unpaired) electrons. The smallest absolute Gasteiger partial charge is 0.308 e. The second kappa shape index (κ2) is 6.72. The van der Waals surface area contributed by atoms with Gasteiger partial charge in [-0.1, -0.05) is 6.92 Å². The van der Waals surface area contributed by atoms with Crippen LogP contribution in [0.2, 0.25) is 0 Å². The van der Waals surface area contributed by atoms with Gasteiger partial charge in [-0.25, -0.2) is 0 Å². The fourth-order valence-electron chi connectivity index (χ4n) is 3.29. The minimum Gasteiger partial charge on any atom is -0.454 e. The van der Waals surface area contributed by atoms with Crippen molar-refractivity contribution in [1.82, 2.24) is 20.4 Å². The molecular weight excluding hydrogens is 324 g/mol. The molecule has 2 aliphatic rings. The lowest BCUT2D eigenvalue weighted by Crippen LogP contribution is -2.40. The van der Waals surface area contributed by atoms with E-state index in [0.29, 0.717) is 29.6 Å². The topological polar surface area (TPSA) is 89.7 Å². The number of aromatic nitrogens is 2. The highest BCUT2D eigenvalue weighted by atomic mass is 16.7. The molecular formula is C17H20N4O4. The molecule has 0 saturated carbocycles. The number of likely N-dealkylation sites (tertiary alicyclic amines) is 1. The van der Waals surface area contributed by atoms with E-state index in [1.165, 1.54) is 6.42 Å². The molecule has 8 heteroatoms. The lowest BCUT2D eigenvalue weighted by atomic mass is 10.2. The summed E-state index contributed by atoms with van der Waals surface area (Å²) in [5, 5.41) is 10.7. The molecule has 3 heterocycles. The van der Waals surface area contributed by atoms with Crippen molar-refractivity contribution in [1.29, 1.82) is 0 Å². The van der Waals surface area contributed by atoms with Gasteiger partial charge >= 0.3 is 11.8 Å². The maximum Gasteiger partial charge on any atom is 0.308 e. The maximum atomic E-state index is 12.3. The average Bonchev–Trinajstić information content (AvgIpc) is 3.38. The third-order valence-corrected chi connectivity index (χ3v) is 4.64. The van der Waals surface area contributed by atoms with Crippen LogP contribution in [0.4, 0.5) is 0 Å². The average molecular weight is 344 g/mol. The van der Waals surface area contributed by atoms with Gasteiger partial charge in [0.1, 0.15) is 0 Å². The molecule has 1 saturated heterocycles. The fourth-order valence-corrected chi connectivity index (χ4v) is 3.29. The normalized spacial score (nSPS) is 19.3. The zero-order valence-corrected chi connectivity index (χ0v) is 14.0. The Hall–Kier alpha value is -2.61. The number of rotatable bonds is 5. The van der Waals surface area contributed by atoms with E-state index >= 15 is 0 Å². The van der Waals surface area contributed by atoms with Crippen LogP contribution < -0.4 is 14.8 Å². The minimum atomic E-state index is -0.345. The zero-order chi connectivity index (χ0) is 17.2. The third kappa shape index (κ3) is 3.17. The van der Waals surface area contributed by atoms with E-state index in [4.69, 9.17) is 13.9 Å². The standard InChI is InChI=1S/C17H20N4O4/c1-2-21-7-3-4-12(21)9-18-15(22)17-20-19-16(25-17)11-5-6-13-14(8-11)24-10-23-13/h5-6,8,12H,2-4,7,9-10H2,1H3,(H,18,22)/t12-/m0/s1. The Balaban J connectivity index is 1.41. The molecule has 1 aromatic carbocycles. The predicted molar refractivity (Wildman–Crippen MR) is 88.5 cm³/mol. The van der Waals surface area contributed by atoms with Gasteiger partial charge in [0, 0.05) is 18.2 Å². The van der Waals surface area contributed by atoms with Crippen molar-refractivity contribution in [2.24, 2.45) is 0 Å². The summed E-state index contributed by atoms with van der Waals surface area (Å²) in [7, 11) is 0. The Kier molecular flexibility index (Phi) is 4.27. The summed E-state index contributed by atoms with van der Waals surface area (Å²) in [5.41, 5.74) is 0.684. The van der Waals surface area contributed by atoms with Gasteiger partial charge in [0.05, 0.1) is 0 Å². The summed E-state index contributed by atoms with van der Waals surface area (Å²) in [5.74, 6) is 1.21. The van der Waals surface area contributed by atoms with Crippen molar-refractivity contribution < 1.29 is 18.7 Å². The first kappa shape index (κ1) is 15.9. The van der Waals surface area contributed by atoms with Crippen LogP contribution in [0.15, 0.2) is 22.6 Å². The highest BCUT2D eigenvalue weighted by molar-refractivity contribution is 5.89. The second-order valence-electron chi connectivity index (χ2n) is 6.12. The summed E-state index contributed by atoms with van der Waals surface area (Å²) < 4.78 is 16.1. The second-order valence-corrected chi connectivity index (χ2v) is 6.12. The number of carbonyl (C=O) groups excluding carboxylic acids is 1. The number of fused-ring (bicyclic) bond motifs is 1. The fraction of sp³-hybridized carbons (Fsp3) is 0.471. The van der Waals surface area contributed by atoms with E-state index < -0.39 is 0 Å². The van der Waals surface area contributed by atoms with E-state index in [1.807, 2.05) is 0 Å². The van der Waals surface area contributed by atoms with Gasteiger partial charge in [-0.05, 0) is 44.1 Å². The van der Waals surface area contributed by atoms with E-state index in [9.17, 15) is 4.79 Å². The van der Waals surface area contributed by atoms with Gasteiger partial charge in [0.2, 0.25) is 12.7 Å². The summed E-state index contributed by atoms with van der Waals surface area (Å²) in [6.45, 7) is 5.01. The van der Waals surface area contributed by atoms with Crippen LogP contribution >= 0.6 is 0 Å². The molecule has 8 nitrogen and oxygen atoms in total. The Bertz CT molecular complexity index is 776. The van der Waals surface area contributed by atoms with Gasteiger partial charge in [0.25, 0.3) is 0 Å². The van der Waals surface area contributed by atoms with Crippen molar-refractivity contribution >= 4 is 5.91 Å². The molecule has 0 spiro atoms. The Morgan fingerprint density at radius 3 is 3.08 bits per heavy atom. The molecule has 2 aromatic rings. The van der Waals surface area contributed by atoms with Crippen LogP contribution in [0.5, 0.6) is 11.5 Å². The molecule has 0 unspecified atom stereocenters. The lowest BCUT2D eigenvalue weighted by Gasteiger charge is -2.22. The lowest BCUT2D eigenvalue weighted by molar-refractivity contribution is 0.0907. The predicted octanol–water partition coefficient (Wildman–Crippen LogP) is 1.68. The third-order valence-electron chi connectivity index (χ3n) is 4.64. The summed E-state index contributed by atoms with van der Waals surface area (Å²) >= 11 is 0. The summed E-state index contributed by atoms with van der Waals surface area (Å²) in [6, 6.07) is 5.71. The first-order valence-corrected chi connectivity index (χ1v) is 8.50. The maximum absolute atomic E-state index is 12.3.